The van der Waals surface area contributed by atoms with Gasteiger partial charge in [-0.1, -0.05) is 31.2 Å². The first-order chi connectivity index (χ1) is 8.16. The van der Waals surface area contributed by atoms with Gasteiger partial charge in [-0.05, 0) is 50.0 Å². The van der Waals surface area contributed by atoms with Crippen LogP contribution in [0.3, 0.4) is 0 Å². The second kappa shape index (κ2) is 5.65. The van der Waals surface area contributed by atoms with Crippen molar-refractivity contribution in [2.24, 2.45) is 11.8 Å². The highest BCUT2D eigenvalue weighted by atomic mass is 15.1. The molecule has 1 N–H and O–H groups in total. The summed E-state index contributed by atoms with van der Waals surface area (Å²) in [5, 5.41) is 3.36. The first kappa shape index (κ1) is 12.6. The molecule has 0 bridgehead atoms. The Hall–Kier alpha value is -0.860. The van der Waals surface area contributed by atoms with Crippen LogP contribution in [0.1, 0.15) is 18.1 Å². The molecule has 2 nitrogen and oxygen atoms in total. The van der Waals surface area contributed by atoms with Gasteiger partial charge < -0.3 is 10.2 Å². The van der Waals surface area contributed by atoms with Crippen molar-refractivity contribution >= 4 is 0 Å². The Morgan fingerprint density at radius 2 is 2.06 bits per heavy atom. The Morgan fingerprint density at radius 1 is 1.35 bits per heavy atom. The lowest BCUT2D eigenvalue weighted by molar-refractivity contribution is 0.182. The van der Waals surface area contributed by atoms with Gasteiger partial charge in [-0.15, -0.1) is 0 Å². The van der Waals surface area contributed by atoms with Gasteiger partial charge in [0.2, 0.25) is 0 Å². The molecule has 1 unspecified atom stereocenters. The van der Waals surface area contributed by atoms with Gasteiger partial charge in [0.1, 0.15) is 0 Å². The number of benzene rings is 1. The SMILES string of the molecule is Cc1ccccc1CN(C)CC(C)C1CNC1. The van der Waals surface area contributed by atoms with Gasteiger partial charge in [0.25, 0.3) is 0 Å². The van der Waals surface area contributed by atoms with E-state index < -0.39 is 0 Å². The number of nitrogens with zero attached hydrogens (tertiary/aromatic N) is 1. The highest BCUT2D eigenvalue weighted by Gasteiger charge is 2.24. The van der Waals surface area contributed by atoms with E-state index in [1.54, 1.807) is 0 Å². The minimum absolute atomic E-state index is 0.797. The number of rotatable bonds is 5. The molecule has 0 radical (unpaired) electrons. The lowest BCUT2D eigenvalue weighted by Gasteiger charge is -2.35. The zero-order valence-corrected chi connectivity index (χ0v) is 11.2. The van der Waals surface area contributed by atoms with Crippen molar-refractivity contribution in [2.75, 3.05) is 26.7 Å². The maximum Gasteiger partial charge on any atom is 0.0233 e. The molecule has 94 valence electrons. The maximum absolute atomic E-state index is 3.36. The van der Waals surface area contributed by atoms with Crippen molar-refractivity contribution in [2.45, 2.75) is 20.4 Å². The van der Waals surface area contributed by atoms with E-state index in [2.05, 4.69) is 55.4 Å². The van der Waals surface area contributed by atoms with Crippen LogP contribution in [0.25, 0.3) is 0 Å². The van der Waals surface area contributed by atoms with E-state index in [0.29, 0.717) is 0 Å². The van der Waals surface area contributed by atoms with E-state index in [-0.39, 0.29) is 0 Å². The molecule has 1 fully saturated rings. The van der Waals surface area contributed by atoms with Gasteiger partial charge in [-0.3, -0.25) is 0 Å². The van der Waals surface area contributed by atoms with Crippen molar-refractivity contribution in [1.29, 1.82) is 0 Å². The standard InChI is InChI=1S/C15H24N2/c1-12-6-4-5-7-14(12)11-17(3)10-13(2)15-8-16-9-15/h4-7,13,15-16H,8-11H2,1-3H3. The van der Waals surface area contributed by atoms with Crippen molar-refractivity contribution < 1.29 is 0 Å². The first-order valence-electron chi connectivity index (χ1n) is 6.60. The predicted molar refractivity (Wildman–Crippen MR) is 73.0 cm³/mol. The number of hydrogen-bond acceptors (Lipinski definition) is 2. The Bertz CT molecular complexity index is 358. The van der Waals surface area contributed by atoms with E-state index in [0.717, 1.165) is 18.4 Å². The molecule has 1 aromatic rings. The molecule has 17 heavy (non-hydrogen) atoms. The normalized spacial score (nSPS) is 18.1. The van der Waals surface area contributed by atoms with Gasteiger partial charge in [-0.25, -0.2) is 0 Å². The predicted octanol–water partition coefficient (Wildman–Crippen LogP) is 2.28. The fourth-order valence-corrected chi connectivity index (χ4v) is 2.50. The first-order valence-corrected chi connectivity index (χ1v) is 6.60. The highest BCUT2D eigenvalue weighted by molar-refractivity contribution is 5.25. The summed E-state index contributed by atoms with van der Waals surface area (Å²) in [4.78, 5) is 2.45. The third kappa shape index (κ3) is 3.30. The Labute approximate surface area is 105 Å². The van der Waals surface area contributed by atoms with Crippen LogP contribution in [0.2, 0.25) is 0 Å². The molecule has 0 aromatic heterocycles. The van der Waals surface area contributed by atoms with E-state index >= 15 is 0 Å². The minimum atomic E-state index is 0.797. The summed E-state index contributed by atoms with van der Waals surface area (Å²) in [7, 11) is 2.23. The third-order valence-corrected chi connectivity index (χ3v) is 3.92. The van der Waals surface area contributed by atoms with E-state index in [9.17, 15) is 0 Å². The molecule has 1 atom stereocenters. The topological polar surface area (TPSA) is 15.3 Å². The maximum atomic E-state index is 3.36. The molecule has 0 aliphatic carbocycles. The van der Waals surface area contributed by atoms with Crippen molar-refractivity contribution in [3.8, 4) is 0 Å². The molecule has 1 aliphatic rings. The van der Waals surface area contributed by atoms with Crippen LogP contribution in [0.15, 0.2) is 24.3 Å². The molecular formula is C15H24N2. The third-order valence-electron chi connectivity index (χ3n) is 3.92. The fourth-order valence-electron chi connectivity index (χ4n) is 2.50. The zero-order valence-electron chi connectivity index (χ0n) is 11.2. The summed E-state index contributed by atoms with van der Waals surface area (Å²) in [6.07, 6.45) is 0. The number of hydrogen-bond donors (Lipinski definition) is 1. The summed E-state index contributed by atoms with van der Waals surface area (Å²) in [6.45, 7) is 9.25. The highest BCUT2D eigenvalue weighted by Crippen LogP contribution is 2.18. The molecular weight excluding hydrogens is 208 g/mol. The molecule has 0 amide bonds. The molecule has 0 saturated carbocycles. The zero-order chi connectivity index (χ0) is 12.3. The summed E-state index contributed by atoms with van der Waals surface area (Å²) >= 11 is 0. The molecule has 1 aliphatic heterocycles. The van der Waals surface area contributed by atoms with Gasteiger partial charge in [0.15, 0.2) is 0 Å². The average molecular weight is 232 g/mol. The largest absolute Gasteiger partial charge is 0.316 e. The summed E-state index contributed by atoms with van der Waals surface area (Å²) in [5.74, 6) is 1.68. The average Bonchev–Trinajstić information content (AvgIpc) is 2.18. The van der Waals surface area contributed by atoms with E-state index in [4.69, 9.17) is 0 Å². The van der Waals surface area contributed by atoms with Gasteiger partial charge in [-0.2, -0.15) is 0 Å². The van der Waals surface area contributed by atoms with Crippen molar-refractivity contribution in [1.82, 2.24) is 10.2 Å². The van der Waals surface area contributed by atoms with Crippen molar-refractivity contribution in [3.05, 3.63) is 35.4 Å². The van der Waals surface area contributed by atoms with Crippen molar-refractivity contribution in [3.63, 3.8) is 0 Å². The Morgan fingerprint density at radius 3 is 2.65 bits per heavy atom. The van der Waals surface area contributed by atoms with Crippen LogP contribution >= 0.6 is 0 Å². The van der Waals surface area contributed by atoms with E-state index in [1.165, 1.54) is 30.8 Å². The minimum Gasteiger partial charge on any atom is -0.316 e. The van der Waals surface area contributed by atoms with Gasteiger partial charge in [0.05, 0.1) is 0 Å². The van der Waals surface area contributed by atoms with Crippen LogP contribution in [0.5, 0.6) is 0 Å². The Balaban J connectivity index is 1.84. The van der Waals surface area contributed by atoms with Gasteiger partial charge in [0, 0.05) is 13.1 Å². The lowest BCUT2D eigenvalue weighted by atomic mass is 9.88. The molecule has 1 heterocycles. The summed E-state index contributed by atoms with van der Waals surface area (Å²) in [5.41, 5.74) is 2.85. The fraction of sp³-hybridized carbons (Fsp3) is 0.600. The second-order valence-electron chi connectivity index (χ2n) is 5.52. The number of aryl methyl sites for hydroxylation is 1. The second-order valence-corrected chi connectivity index (χ2v) is 5.52. The lowest BCUT2D eigenvalue weighted by Crippen LogP contribution is -2.47. The van der Waals surface area contributed by atoms with Crippen LogP contribution in [0.4, 0.5) is 0 Å². The van der Waals surface area contributed by atoms with Crippen LogP contribution < -0.4 is 5.32 Å². The van der Waals surface area contributed by atoms with Crippen LogP contribution in [0, 0.1) is 18.8 Å². The molecule has 2 heteroatoms. The summed E-state index contributed by atoms with van der Waals surface area (Å²) < 4.78 is 0. The monoisotopic (exact) mass is 232 g/mol. The van der Waals surface area contributed by atoms with Crippen LogP contribution in [-0.4, -0.2) is 31.6 Å². The molecule has 1 saturated heterocycles. The summed E-state index contributed by atoms with van der Waals surface area (Å²) in [6, 6.07) is 8.68. The number of nitrogens with one attached hydrogen (secondary N) is 1. The van der Waals surface area contributed by atoms with Crippen LogP contribution in [-0.2, 0) is 6.54 Å². The van der Waals surface area contributed by atoms with Gasteiger partial charge >= 0.3 is 0 Å². The quantitative estimate of drug-likeness (QED) is 0.838. The molecule has 2 rings (SSSR count). The van der Waals surface area contributed by atoms with E-state index in [1.807, 2.05) is 0 Å². The molecule has 1 aromatic carbocycles. The Kier molecular flexibility index (Phi) is 4.19. The molecule has 0 spiro atoms. The smallest absolute Gasteiger partial charge is 0.0233 e.